The summed E-state index contributed by atoms with van der Waals surface area (Å²) >= 11 is 45.1. The topological polar surface area (TPSA) is 155 Å². The predicted octanol–water partition coefficient (Wildman–Crippen LogP) is 14.4. The van der Waals surface area contributed by atoms with Crippen LogP contribution in [0.3, 0.4) is 0 Å². The number of hydrogen-bond acceptors (Lipinski definition) is 6. The molecule has 0 aromatic heterocycles. The van der Waals surface area contributed by atoms with Crippen molar-refractivity contribution in [3.05, 3.63) is 195 Å². The highest BCUT2D eigenvalue weighted by molar-refractivity contribution is 9.10. The minimum atomic E-state index is -0.518. The van der Waals surface area contributed by atoms with Crippen molar-refractivity contribution >= 4 is 176 Å². The van der Waals surface area contributed by atoms with Crippen molar-refractivity contribution < 1.29 is 23.5 Å². The van der Waals surface area contributed by atoms with Gasteiger partial charge < -0.3 is 32.5 Å². The molecule has 22 heteroatoms. The maximum absolute atomic E-state index is 13.3. The Bertz CT molecular complexity index is 2610. The van der Waals surface area contributed by atoms with Crippen molar-refractivity contribution in [3.8, 4) is 0 Å². The van der Waals surface area contributed by atoms with Crippen molar-refractivity contribution in [2.24, 2.45) is 16.5 Å². The zero-order chi connectivity index (χ0) is 48.8. The summed E-state index contributed by atoms with van der Waals surface area (Å²) < 4.78 is 27.6. The summed E-state index contributed by atoms with van der Waals surface area (Å²) in [6, 6.07) is 33.5. The number of carbonyl (C=O) groups is 2. The second kappa shape index (κ2) is 31.8. The molecule has 0 aliphatic heterocycles. The highest BCUT2D eigenvalue weighted by Gasteiger charge is 2.14. The molecule has 0 bridgehead atoms. The number of aliphatic hydroxyl groups excluding tert-OH is 1. The number of nitrogens with one attached hydrogen (secondary N) is 3. The van der Waals surface area contributed by atoms with E-state index in [4.69, 9.17) is 81.1 Å². The molecule has 6 aromatic rings. The van der Waals surface area contributed by atoms with E-state index in [0.29, 0.717) is 57.0 Å². The molecule has 0 aliphatic carbocycles. The number of anilines is 1. The standard InChI is InChI=1S/C22H17BrCl2FN3OS.C15H13BrClNO2.C7H6ClFN2S.CH2Cl2.BrH/c23-15-3-7-18(21(30)28-11-13-1-4-16(24)5-2-13)14(9-15)12-31-22(27)29-17-6-8-20(26)19(25)10-17;16-12-3-6-14(11(7-12)9-19)15(20)18-8-10-1-4-13(17)5-2-10;8-5-3-4(11-7(10)12)1-2-6(5)9;2-1-3;/h1-10H,11-12H2,(H2,27,29)(H,28,30);1-7,19H,8-9H2,(H,18,20);1-3H,(H3,10,11,12);1H2;1H. The van der Waals surface area contributed by atoms with Crippen LogP contribution in [-0.2, 0) is 25.4 Å². The Labute approximate surface area is 453 Å². The zero-order valence-electron chi connectivity index (χ0n) is 34.5. The van der Waals surface area contributed by atoms with E-state index in [2.05, 4.69) is 65.0 Å². The van der Waals surface area contributed by atoms with Crippen molar-refractivity contribution in [1.82, 2.24) is 10.6 Å². The number of carbonyl (C=O) groups excluding carboxylic acids is 2. The summed E-state index contributed by atoms with van der Waals surface area (Å²) in [4.78, 5) is 29.1. The number of nitrogens with zero attached hydrogens (tertiary/aromatic N) is 1. The van der Waals surface area contributed by atoms with Crippen molar-refractivity contribution in [2.45, 2.75) is 25.4 Å². The van der Waals surface area contributed by atoms with Gasteiger partial charge in [0.25, 0.3) is 11.8 Å². The van der Waals surface area contributed by atoms with E-state index in [1.165, 1.54) is 48.2 Å². The van der Waals surface area contributed by atoms with Crippen LogP contribution >= 0.6 is 142 Å². The predicted molar refractivity (Wildman–Crippen MR) is 292 cm³/mol. The molecule has 6 aromatic carbocycles. The second-order valence-corrected chi connectivity index (χ2v) is 18.7. The number of benzene rings is 6. The Kier molecular flexibility index (Phi) is 28.4. The Morgan fingerprint density at radius 1 is 0.672 bits per heavy atom. The van der Waals surface area contributed by atoms with Gasteiger partial charge in [-0.05, 0) is 132 Å². The van der Waals surface area contributed by atoms with Crippen LogP contribution in [0.2, 0.25) is 20.1 Å². The van der Waals surface area contributed by atoms with Crippen LogP contribution in [0.4, 0.5) is 20.2 Å². The summed E-state index contributed by atoms with van der Waals surface area (Å²) in [6.07, 6.45) is 0. The van der Waals surface area contributed by atoms with Crippen LogP contribution in [0.1, 0.15) is 43.0 Å². The summed E-state index contributed by atoms with van der Waals surface area (Å²) in [6.45, 7) is 0.619. The average molecular weight is 1270 g/mol. The quantitative estimate of drug-likeness (QED) is 0.0324. The molecule has 0 radical (unpaired) electrons. The molecule has 0 spiro atoms. The summed E-state index contributed by atoms with van der Waals surface area (Å²) in [5, 5.41) is 19.6. The van der Waals surface area contributed by atoms with E-state index in [1.54, 1.807) is 48.5 Å². The highest BCUT2D eigenvalue weighted by Crippen LogP contribution is 2.26. The van der Waals surface area contributed by atoms with Gasteiger partial charge in [-0.25, -0.2) is 13.8 Å². The third-order valence-corrected chi connectivity index (χ3v) is 11.2. The normalized spacial score (nSPS) is 10.3. The van der Waals surface area contributed by atoms with E-state index in [1.807, 2.05) is 36.4 Å². The van der Waals surface area contributed by atoms with Gasteiger partial charge in [-0.1, -0.05) is 114 Å². The van der Waals surface area contributed by atoms with Crippen LogP contribution in [0.5, 0.6) is 0 Å². The Balaban J connectivity index is 0.000000366. The van der Waals surface area contributed by atoms with E-state index < -0.39 is 11.6 Å². The summed E-state index contributed by atoms with van der Waals surface area (Å²) in [7, 11) is 0. The number of amides is 2. The third-order valence-electron chi connectivity index (χ3n) is 8.23. The van der Waals surface area contributed by atoms with Gasteiger partial charge >= 0.3 is 0 Å². The fourth-order valence-electron chi connectivity index (χ4n) is 5.16. The number of hydrogen-bond donors (Lipinski definition) is 6. The number of aliphatic imine (C=N–C) groups is 1. The smallest absolute Gasteiger partial charge is 0.251 e. The fourth-order valence-corrected chi connectivity index (χ4v) is 7.41. The first-order valence-electron chi connectivity index (χ1n) is 18.7. The number of halogens is 11. The summed E-state index contributed by atoms with van der Waals surface area (Å²) in [5.41, 5.74) is 16.5. The highest BCUT2D eigenvalue weighted by atomic mass is 79.9. The van der Waals surface area contributed by atoms with Gasteiger partial charge in [0, 0.05) is 54.6 Å². The first-order valence-corrected chi connectivity index (χ1v) is 24.3. The van der Waals surface area contributed by atoms with Crippen LogP contribution in [0.15, 0.2) is 135 Å². The van der Waals surface area contributed by atoms with Gasteiger partial charge in [-0.15, -0.1) is 40.2 Å². The third kappa shape index (κ3) is 22.4. The van der Waals surface area contributed by atoms with Gasteiger partial charge in [0.1, 0.15) is 11.6 Å². The number of aliphatic hydroxyl groups is 1. The molecule has 0 fully saturated rings. The lowest BCUT2D eigenvalue weighted by molar-refractivity contribution is 0.0941. The lowest BCUT2D eigenvalue weighted by Gasteiger charge is -2.11. The van der Waals surface area contributed by atoms with Crippen molar-refractivity contribution in [1.29, 1.82) is 0 Å². The van der Waals surface area contributed by atoms with E-state index in [0.717, 1.165) is 25.6 Å². The molecular formula is C45H39Br3Cl6F2N6O3S2. The zero-order valence-corrected chi connectivity index (χ0v) is 45.5. The van der Waals surface area contributed by atoms with Gasteiger partial charge in [-0.3, -0.25) is 9.59 Å². The minimum Gasteiger partial charge on any atom is -0.392 e. The first-order chi connectivity index (χ1) is 31.4. The molecule has 0 unspecified atom stereocenters. The number of thiocarbonyl (C=S) groups is 1. The van der Waals surface area contributed by atoms with E-state index >= 15 is 0 Å². The minimum absolute atomic E-state index is 0. The Morgan fingerprint density at radius 3 is 1.57 bits per heavy atom. The number of nitrogens with two attached hydrogens (primary N) is 2. The average Bonchev–Trinajstić information content (AvgIpc) is 3.28. The Hall–Kier alpha value is -3.23. The second-order valence-electron chi connectivity index (χ2n) is 12.9. The lowest BCUT2D eigenvalue weighted by Crippen LogP contribution is -2.24. The van der Waals surface area contributed by atoms with Gasteiger partial charge in [0.05, 0.1) is 27.7 Å². The molecule has 2 amide bonds. The van der Waals surface area contributed by atoms with E-state index in [9.17, 15) is 23.5 Å². The number of rotatable bonds is 11. The largest absolute Gasteiger partial charge is 0.392 e. The van der Waals surface area contributed by atoms with Gasteiger partial charge in [-0.2, -0.15) is 0 Å². The lowest BCUT2D eigenvalue weighted by atomic mass is 10.1. The monoisotopic (exact) mass is 1260 g/mol. The van der Waals surface area contributed by atoms with Crippen LogP contribution < -0.4 is 27.4 Å². The summed E-state index contributed by atoms with van der Waals surface area (Å²) in [5.74, 6) is -0.969. The number of amidine groups is 1. The van der Waals surface area contributed by atoms with Crippen molar-refractivity contribution in [3.63, 3.8) is 0 Å². The molecule has 9 nitrogen and oxygen atoms in total. The van der Waals surface area contributed by atoms with Crippen LogP contribution in [0.25, 0.3) is 0 Å². The molecule has 0 heterocycles. The molecular weight excluding hydrogens is 1230 g/mol. The molecule has 0 saturated carbocycles. The maximum atomic E-state index is 13.3. The van der Waals surface area contributed by atoms with Crippen LogP contribution in [0, 0.1) is 11.6 Å². The first kappa shape index (κ1) is 59.9. The number of alkyl halides is 2. The molecule has 67 heavy (non-hydrogen) atoms. The Morgan fingerprint density at radius 2 is 1.12 bits per heavy atom. The SMILES string of the molecule is Br.ClCCl.NC(=Nc1ccc(F)c(Cl)c1)SCc1cc(Br)ccc1C(=O)NCc1ccc(Cl)cc1.NC(=S)Nc1ccc(F)c(Cl)c1.O=C(NCc1ccc(Cl)cc1)c1ccc(Br)cc1CO. The fraction of sp³-hybridized carbons (Fsp3) is 0.111. The molecule has 6 rings (SSSR count). The molecule has 8 N–H and O–H groups in total. The molecule has 0 atom stereocenters. The van der Waals surface area contributed by atoms with Crippen LogP contribution in [-0.4, -0.2) is 32.5 Å². The van der Waals surface area contributed by atoms with E-state index in [-0.39, 0.29) is 61.1 Å². The maximum Gasteiger partial charge on any atom is 0.251 e. The van der Waals surface area contributed by atoms with Crippen molar-refractivity contribution in [2.75, 3.05) is 10.7 Å². The molecule has 0 saturated heterocycles. The number of thioether (sulfide) groups is 1. The molecule has 356 valence electrons. The van der Waals surface area contributed by atoms with Gasteiger partial charge in [0.2, 0.25) is 0 Å². The van der Waals surface area contributed by atoms with Gasteiger partial charge in [0.15, 0.2) is 10.3 Å². The molecule has 0 aliphatic rings.